The first kappa shape index (κ1) is 31.4. The molecule has 0 unspecified atom stereocenters. The van der Waals surface area contributed by atoms with Crippen LogP contribution < -0.4 is 0 Å². The monoisotopic (exact) mass is 545 g/mol. The van der Waals surface area contributed by atoms with Gasteiger partial charge in [0.05, 0.1) is 27.7 Å². The van der Waals surface area contributed by atoms with Crippen molar-refractivity contribution in [3.63, 3.8) is 0 Å². The van der Waals surface area contributed by atoms with Gasteiger partial charge in [-0.15, -0.1) is 0 Å². The van der Waals surface area contributed by atoms with Crippen LogP contribution in [0.5, 0.6) is 0 Å². The number of halogens is 11. The van der Waals surface area contributed by atoms with Gasteiger partial charge in [-0.3, -0.25) is 4.79 Å². The molecule has 36 heavy (non-hydrogen) atoms. The summed E-state index contributed by atoms with van der Waals surface area (Å²) >= 11 is 0. The standard InChI is InChI=1S/C21H24F11N2O2/c1-34(2,3)13-12-33(16(35)15-9-5-4-6-10-15)36-14-8-7-11-17(22,18(23,24)20(27,28)29)19(25,26)21(30,31)32/h4-6,8-10,14H,7,11-13H2,1-3H3/q+1. The number of carbonyl (C=O) groups excluding carboxylic acids is 1. The minimum absolute atomic E-state index is 0.0904. The summed E-state index contributed by atoms with van der Waals surface area (Å²) in [5.74, 6) is -14.8. The summed E-state index contributed by atoms with van der Waals surface area (Å²) in [6, 6.07) is 7.45. The lowest BCUT2D eigenvalue weighted by Crippen LogP contribution is -2.67. The predicted molar refractivity (Wildman–Crippen MR) is 106 cm³/mol. The van der Waals surface area contributed by atoms with Gasteiger partial charge in [-0.05, 0) is 31.1 Å². The van der Waals surface area contributed by atoms with Gasteiger partial charge >= 0.3 is 24.2 Å². The van der Waals surface area contributed by atoms with E-state index >= 15 is 0 Å². The molecule has 0 aliphatic rings. The Balaban J connectivity index is 3.12. The Bertz CT molecular complexity index is 866. The highest BCUT2D eigenvalue weighted by Gasteiger charge is 2.85. The molecule has 0 aromatic heterocycles. The van der Waals surface area contributed by atoms with Crippen LogP contribution in [0.15, 0.2) is 42.7 Å². The summed E-state index contributed by atoms with van der Waals surface area (Å²) in [6.07, 6.45) is -17.2. The van der Waals surface area contributed by atoms with Crippen molar-refractivity contribution in [1.29, 1.82) is 0 Å². The van der Waals surface area contributed by atoms with E-state index < -0.39 is 48.6 Å². The molecule has 0 N–H and O–H groups in total. The van der Waals surface area contributed by atoms with Gasteiger partial charge in [0.1, 0.15) is 12.8 Å². The van der Waals surface area contributed by atoms with Crippen LogP contribution in [0.25, 0.3) is 0 Å². The van der Waals surface area contributed by atoms with Crippen molar-refractivity contribution in [2.75, 3.05) is 34.2 Å². The fraction of sp³-hybridized carbons (Fsp3) is 0.571. The van der Waals surface area contributed by atoms with Gasteiger partial charge in [0.2, 0.25) is 0 Å². The molecule has 1 amide bonds. The number of amides is 1. The maximum absolute atomic E-state index is 14.4. The largest absolute Gasteiger partial charge is 0.457 e. The summed E-state index contributed by atoms with van der Waals surface area (Å²) in [6.45, 7) is 0.197. The Morgan fingerprint density at radius 3 is 1.75 bits per heavy atom. The van der Waals surface area contributed by atoms with Crippen LogP contribution in [0, 0.1) is 0 Å². The van der Waals surface area contributed by atoms with E-state index in [1.165, 1.54) is 24.3 Å². The molecule has 15 heteroatoms. The van der Waals surface area contributed by atoms with Gasteiger partial charge in [-0.1, -0.05) is 18.2 Å². The number of alkyl halides is 11. The van der Waals surface area contributed by atoms with Gasteiger partial charge in [0, 0.05) is 5.56 Å². The summed E-state index contributed by atoms with van der Waals surface area (Å²) in [7, 11) is 5.26. The maximum Gasteiger partial charge on any atom is 0.457 e. The van der Waals surface area contributed by atoms with Gasteiger partial charge in [-0.2, -0.15) is 49.0 Å². The summed E-state index contributed by atoms with van der Waals surface area (Å²) in [5, 5.41) is 0.743. The highest BCUT2D eigenvalue weighted by atomic mass is 19.4. The Morgan fingerprint density at radius 2 is 1.33 bits per heavy atom. The molecule has 0 aliphatic heterocycles. The zero-order valence-electron chi connectivity index (χ0n) is 19.2. The second-order valence-corrected chi connectivity index (χ2v) is 8.75. The van der Waals surface area contributed by atoms with Crippen molar-refractivity contribution >= 4 is 5.91 Å². The molecule has 0 heterocycles. The first-order chi connectivity index (χ1) is 16.1. The van der Waals surface area contributed by atoms with E-state index in [0.29, 0.717) is 16.8 Å². The van der Waals surface area contributed by atoms with Crippen molar-refractivity contribution < 1.29 is 62.4 Å². The van der Waals surface area contributed by atoms with E-state index in [0.717, 1.165) is 5.06 Å². The Kier molecular flexibility index (Phi) is 9.44. The minimum Gasteiger partial charge on any atom is -0.385 e. The SMILES string of the molecule is C[N+](C)(C)CCN(OC=CCCC(F)(C(F)(F)C(F)(F)F)C(F)(F)C(F)(F)F)C(=O)c1ccccc1. The molecule has 0 saturated carbocycles. The van der Waals surface area contributed by atoms with E-state index in [2.05, 4.69) is 0 Å². The van der Waals surface area contributed by atoms with Gasteiger partial charge in [0.25, 0.3) is 11.6 Å². The van der Waals surface area contributed by atoms with Crippen molar-refractivity contribution in [1.82, 2.24) is 5.06 Å². The molecule has 0 aliphatic carbocycles. The maximum atomic E-state index is 14.4. The van der Waals surface area contributed by atoms with Crippen LogP contribution >= 0.6 is 0 Å². The van der Waals surface area contributed by atoms with E-state index in [-0.39, 0.29) is 18.7 Å². The van der Waals surface area contributed by atoms with Crippen LogP contribution in [0.1, 0.15) is 23.2 Å². The van der Waals surface area contributed by atoms with Crippen LogP contribution in [-0.4, -0.2) is 79.6 Å². The number of quaternary nitrogens is 1. The first-order valence-electron chi connectivity index (χ1n) is 10.2. The number of allylic oxidation sites excluding steroid dienone is 1. The number of hydrogen-bond donors (Lipinski definition) is 0. The number of benzene rings is 1. The average molecular weight is 545 g/mol. The number of hydrogen-bond acceptors (Lipinski definition) is 2. The molecule has 0 radical (unpaired) electrons. The Hall–Kier alpha value is -2.58. The van der Waals surface area contributed by atoms with Gasteiger partial charge < -0.3 is 9.32 Å². The molecule has 206 valence electrons. The molecule has 0 spiro atoms. The zero-order chi connectivity index (χ0) is 28.2. The Morgan fingerprint density at radius 1 is 0.861 bits per heavy atom. The number of rotatable bonds is 11. The summed E-state index contributed by atoms with van der Waals surface area (Å²) in [4.78, 5) is 17.6. The Labute approximate surface area is 199 Å². The molecule has 0 atom stereocenters. The van der Waals surface area contributed by atoms with Crippen molar-refractivity contribution in [3.05, 3.63) is 48.2 Å². The molecule has 0 bridgehead atoms. The molecule has 0 saturated heterocycles. The highest BCUT2D eigenvalue weighted by molar-refractivity contribution is 5.93. The lowest BCUT2D eigenvalue weighted by Gasteiger charge is -2.40. The molecular weight excluding hydrogens is 521 g/mol. The fourth-order valence-electron chi connectivity index (χ4n) is 2.74. The smallest absolute Gasteiger partial charge is 0.385 e. The fourth-order valence-corrected chi connectivity index (χ4v) is 2.74. The van der Waals surface area contributed by atoms with Crippen molar-refractivity contribution in [2.45, 2.75) is 42.7 Å². The van der Waals surface area contributed by atoms with E-state index in [1.807, 2.05) is 0 Å². The molecule has 1 aromatic carbocycles. The minimum atomic E-state index is -7.05. The van der Waals surface area contributed by atoms with E-state index in [9.17, 15) is 53.1 Å². The number of nitrogens with zero attached hydrogens (tertiary/aromatic N) is 2. The van der Waals surface area contributed by atoms with E-state index in [1.54, 1.807) is 27.2 Å². The van der Waals surface area contributed by atoms with Gasteiger partial charge in [-0.25, -0.2) is 4.39 Å². The molecule has 0 fully saturated rings. The van der Waals surface area contributed by atoms with Crippen molar-refractivity contribution in [3.8, 4) is 0 Å². The lowest BCUT2D eigenvalue weighted by atomic mass is 9.84. The highest BCUT2D eigenvalue weighted by Crippen LogP contribution is 2.58. The molecular formula is C21H24F11N2O2+. The predicted octanol–water partition coefficient (Wildman–Crippen LogP) is 6.16. The second kappa shape index (κ2) is 10.8. The van der Waals surface area contributed by atoms with Crippen LogP contribution in [0.3, 0.4) is 0 Å². The molecule has 4 nitrogen and oxygen atoms in total. The number of carbonyl (C=O) groups is 1. The van der Waals surface area contributed by atoms with E-state index in [4.69, 9.17) is 4.84 Å². The summed E-state index contributed by atoms with van der Waals surface area (Å²) < 4.78 is 144. The normalized spacial score (nSPS) is 14.3. The third-order valence-corrected chi connectivity index (χ3v) is 4.87. The number of likely N-dealkylation sites (N-methyl/N-ethyl adjacent to an activating group) is 1. The van der Waals surface area contributed by atoms with Crippen LogP contribution in [0.4, 0.5) is 48.3 Å². The molecule has 1 aromatic rings. The third kappa shape index (κ3) is 7.01. The number of hydroxylamine groups is 2. The summed E-state index contributed by atoms with van der Waals surface area (Å²) in [5.41, 5.74) is -6.23. The van der Waals surface area contributed by atoms with Gasteiger partial charge in [0.15, 0.2) is 0 Å². The quantitative estimate of drug-likeness (QED) is 0.144. The zero-order valence-corrected chi connectivity index (χ0v) is 19.2. The lowest BCUT2D eigenvalue weighted by molar-refractivity contribution is -0.870. The topological polar surface area (TPSA) is 29.5 Å². The van der Waals surface area contributed by atoms with Crippen LogP contribution in [0.2, 0.25) is 0 Å². The van der Waals surface area contributed by atoms with Crippen molar-refractivity contribution in [2.24, 2.45) is 0 Å². The second-order valence-electron chi connectivity index (χ2n) is 8.75. The third-order valence-electron chi connectivity index (χ3n) is 4.87. The first-order valence-corrected chi connectivity index (χ1v) is 10.2. The molecule has 1 rings (SSSR count). The van der Waals surface area contributed by atoms with Crippen LogP contribution in [-0.2, 0) is 4.84 Å². The average Bonchev–Trinajstić information content (AvgIpc) is 2.73.